The molecule has 0 saturated heterocycles. The van der Waals surface area contributed by atoms with E-state index in [1.807, 2.05) is 18.2 Å². The van der Waals surface area contributed by atoms with E-state index in [1.165, 1.54) is 18.4 Å². The lowest BCUT2D eigenvalue weighted by atomic mass is 9.64. The summed E-state index contributed by atoms with van der Waals surface area (Å²) in [6, 6.07) is 14.1. The van der Waals surface area contributed by atoms with Crippen molar-refractivity contribution in [1.29, 1.82) is 0 Å². The van der Waals surface area contributed by atoms with Crippen LogP contribution in [-0.4, -0.2) is 32.7 Å². The quantitative estimate of drug-likeness (QED) is 0.800. The lowest BCUT2D eigenvalue weighted by Crippen LogP contribution is -2.49. The van der Waals surface area contributed by atoms with Crippen LogP contribution in [-0.2, 0) is 26.8 Å². The summed E-state index contributed by atoms with van der Waals surface area (Å²) in [6.45, 7) is 0.157. The average molecular weight is 407 g/mol. The van der Waals surface area contributed by atoms with Gasteiger partial charge in [0.15, 0.2) is 0 Å². The lowest BCUT2D eigenvalue weighted by Gasteiger charge is -2.40. The molecule has 1 saturated carbocycles. The zero-order valence-corrected chi connectivity index (χ0v) is 17.0. The van der Waals surface area contributed by atoms with Crippen LogP contribution in [0.1, 0.15) is 30.4 Å². The zero-order valence-electron chi connectivity index (χ0n) is 15.4. The molecule has 0 bridgehead atoms. The van der Waals surface area contributed by atoms with Gasteiger partial charge in [0, 0.05) is 25.7 Å². The molecule has 0 aliphatic heterocycles. The zero-order chi connectivity index (χ0) is 19.7. The molecule has 1 aliphatic rings. The van der Waals surface area contributed by atoms with E-state index in [9.17, 15) is 13.2 Å². The Labute approximate surface area is 165 Å². The van der Waals surface area contributed by atoms with E-state index in [0.29, 0.717) is 10.6 Å². The fourth-order valence-electron chi connectivity index (χ4n) is 3.41. The van der Waals surface area contributed by atoms with Crippen molar-refractivity contribution in [3.63, 3.8) is 0 Å². The van der Waals surface area contributed by atoms with Crippen molar-refractivity contribution in [1.82, 2.24) is 9.62 Å². The average Bonchev–Trinajstić information content (AvgIpc) is 2.59. The third-order valence-corrected chi connectivity index (χ3v) is 7.34. The minimum Gasteiger partial charge on any atom is -0.351 e. The second-order valence-corrected chi connectivity index (χ2v) is 9.58. The molecule has 144 valence electrons. The molecule has 1 N–H and O–H groups in total. The molecule has 3 rings (SSSR count). The molecular formula is C20H23ClN2O3S. The molecule has 1 fully saturated rings. The molecule has 1 amide bonds. The Kier molecular flexibility index (Phi) is 5.60. The number of nitrogens with zero attached hydrogens (tertiary/aromatic N) is 1. The number of nitrogens with one attached hydrogen (secondary N) is 1. The van der Waals surface area contributed by atoms with Gasteiger partial charge in [0.25, 0.3) is 0 Å². The minimum absolute atomic E-state index is 0.0897. The number of benzene rings is 2. The maximum atomic E-state index is 13.0. The number of sulfonamides is 1. The SMILES string of the molecule is CN(C)S(=O)(=O)c1ccccc1CNC(=O)C1(c2cccc(Cl)c2)CCC1. The van der Waals surface area contributed by atoms with E-state index in [-0.39, 0.29) is 17.3 Å². The van der Waals surface area contributed by atoms with Crippen LogP contribution in [0.25, 0.3) is 0 Å². The van der Waals surface area contributed by atoms with E-state index in [4.69, 9.17) is 11.6 Å². The van der Waals surface area contributed by atoms with Crippen LogP contribution in [0, 0.1) is 0 Å². The van der Waals surface area contributed by atoms with E-state index in [1.54, 1.807) is 30.3 Å². The number of hydrogen-bond donors (Lipinski definition) is 1. The molecule has 0 unspecified atom stereocenters. The van der Waals surface area contributed by atoms with Crippen LogP contribution >= 0.6 is 11.6 Å². The molecule has 7 heteroatoms. The molecular weight excluding hydrogens is 384 g/mol. The normalized spacial score (nSPS) is 16.0. The minimum atomic E-state index is -3.58. The van der Waals surface area contributed by atoms with Crippen molar-refractivity contribution in [2.75, 3.05) is 14.1 Å². The molecule has 2 aromatic carbocycles. The van der Waals surface area contributed by atoms with Gasteiger partial charge in [-0.1, -0.05) is 48.4 Å². The van der Waals surface area contributed by atoms with Crippen molar-refractivity contribution >= 4 is 27.5 Å². The van der Waals surface area contributed by atoms with Crippen molar-refractivity contribution in [3.05, 3.63) is 64.7 Å². The van der Waals surface area contributed by atoms with Crippen LogP contribution in [0.3, 0.4) is 0 Å². The fraction of sp³-hybridized carbons (Fsp3) is 0.350. The van der Waals surface area contributed by atoms with Gasteiger partial charge < -0.3 is 5.32 Å². The van der Waals surface area contributed by atoms with Crippen LogP contribution < -0.4 is 5.32 Å². The van der Waals surface area contributed by atoms with E-state index in [0.717, 1.165) is 24.8 Å². The van der Waals surface area contributed by atoms with Crippen LogP contribution in [0.2, 0.25) is 5.02 Å². The second-order valence-electron chi connectivity index (χ2n) is 7.02. The summed E-state index contributed by atoms with van der Waals surface area (Å²) in [5.74, 6) is -0.0897. The predicted molar refractivity (Wildman–Crippen MR) is 106 cm³/mol. The van der Waals surface area contributed by atoms with Crippen LogP contribution in [0.15, 0.2) is 53.4 Å². The number of carbonyl (C=O) groups is 1. The van der Waals surface area contributed by atoms with E-state index in [2.05, 4.69) is 5.32 Å². The highest BCUT2D eigenvalue weighted by molar-refractivity contribution is 7.89. The topological polar surface area (TPSA) is 66.5 Å². The standard InChI is InChI=1S/C20H23ClN2O3S/c1-23(2)27(25,26)18-10-4-3-7-15(18)14-22-19(24)20(11-6-12-20)16-8-5-9-17(21)13-16/h3-5,7-10,13H,6,11-12,14H2,1-2H3,(H,22,24). The van der Waals surface area contributed by atoms with Gasteiger partial charge in [-0.05, 0) is 42.2 Å². The van der Waals surface area contributed by atoms with Gasteiger partial charge in [-0.2, -0.15) is 0 Å². The Morgan fingerprint density at radius 2 is 1.85 bits per heavy atom. The number of carbonyl (C=O) groups excluding carboxylic acids is 1. The highest BCUT2D eigenvalue weighted by Crippen LogP contribution is 2.44. The molecule has 2 aromatic rings. The monoisotopic (exact) mass is 406 g/mol. The molecule has 0 atom stereocenters. The van der Waals surface area contributed by atoms with Gasteiger partial charge >= 0.3 is 0 Å². The molecule has 1 aliphatic carbocycles. The smallest absolute Gasteiger partial charge is 0.242 e. The van der Waals surface area contributed by atoms with Gasteiger partial charge in [0.05, 0.1) is 10.3 Å². The van der Waals surface area contributed by atoms with Gasteiger partial charge in [0.1, 0.15) is 0 Å². The summed E-state index contributed by atoms with van der Waals surface area (Å²) in [7, 11) is -0.589. The van der Waals surface area contributed by atoms with Crippen molar-refractivity contribution in [3.8, 4) is 0 Å². The lowest BCUT2D eigenvalue weighted by molar-refractivity contribution is -0.130. The molecule has 0 heterocycles. The number of amides is 1. The summed E-state index contributed by atoms with van der Waals surface area (Å²) < 4.78 is 26.2. The highest BCUT2D eigenvalue weighted by atomic mass is 35.5. The van der Waals surface area contributed by atoms with Gasteiger partial charge in [0.2, 0.25) is 15.9 Å². The van der Waals surface area contributed by atoms with Crippen LogP contribution in [0.5, 0.6) is 0 Å². The highest BCUT2D eigenvalue weighted by Gasteiger charge is 2.45. The third kappa shape index (κ3) is 3.74. The third-order valence-electron chi connectivity index (χ3n) is 5.19. The van der Waals surface area contributed by atoms with Crippen molar-refractivity contribution in [2.24, 2.45) is 0 Å². The summed E-state index contributed by atoms with van der Waals surface area (Å²) in [4.78, 5) is 13.2. The maximum Gasteiger partial charge on any atom is 0.242 e. The molecule has 5 nitrogen and oxygen atoms in total. The van der Waals surface area contributed by atoms with Gasteiger partial charge in [-0.25, -0.2) is 12.7 Å². The number of halogens is 1. The Balaban J connectivity index is 1.82. The molecule has 0 aromatic heterocycles. The predicted octanol–water partition coefficient (Wildman–Crippen LogP) is 3.33. The summed E-state index contributed by atoms with van der Waals surface area (Å²) in [6.07, 6.45) is 2.50. The molecule has 0 radical (unpaired) electrons. The first-order valence-corrected chi connectivity index (χ1v) is 10.6. The molecule has 0 spiro atoms. The Bertz CT molecular complexity index is 953. The first-order chi connectivity index (χ1) is 12.8. The number of rotatable bonds is 6. The maximum absolute atomic E-state index is 13.0. The van der Waals surface area contributed by atoms with Crippen LogP contribution in [0.4, 0.5) is 0 Å². The second kappa shape index (κ2) is 7.62. The fourth-order valence-corrected chi connectivity index (χ4v) is 4.71. The first kappa shape index (κ1) is 19.9. The van der Waals surface area contributed by atoms with Gasteiger partial charge in [-0.3, -0.25) is 4.79 Å². The van der Waals surface area contributed by atoms with Crippen molar-refractivity contribution in [2.45, 2.75) is 36.1 Å². The van der Waals surface area contributed by atoms with Crippen molar-refractivity contribution < 1.29 is 13.2 Å². The summed E-state index contributed by atoms with van der Waals surface area (Å²) in [5.41, 5.74) is 0.897. The van der Waals surface area contributed by atoms with Gasteiger partial charge in [-0.15, -0.1) is 0 Å². The first-order valence-electron chi connectivity index (χ1n) is 8.82. The molecule has 27 heavy (non-hydrogen) atoms. The Morgan fingerprint density at radius 3 is 2.44 bits per heavy atom. The summed E-state index contributed by atoms with van der Waals surface area (Å²) >= 11 is 6.11. The van der Waals surface area contributed by atoms with E-state index >= 15 is 0 Å². The number of hydrogen-bond acceptors (Lipinski definition) is 3. The summed E-state index contributed by atoms with van der Waals surface area (Å²) in [5, 5.41) is 3.55. The Morgan fingerprint density at radius 1 is 1.15 bits per heavy atom. The largest absolute Gasteiger partial charge is 0.351 e. The van der Waals surface area contributed by atoms with E-state index < -0.39 is 15.4 Å². The Hall–Kier alpha value is -1.89.